The molecule has 0 fully saturated rings. The first-order valence-electron chi connectivity index (χ1n) is 7.10. The summed E-state index contributed by atoms with van der Waals surface area (Å²) in [5, 5.41) is 15.1. The lowest BCUT2D eigenvalue weighted by Crippen LogP contribution is -2.11. The molecule has 0 radical (unpaired) electrons. The fourth-order valence-corrected chi connectivity index (χ4v) is 2.40. The molecule has 0 saturated carbocycles. The molecule has 6 heteroatoms. The second-order valence-corrected chi connectivity index (χ2v) is 5.10. The van der Waals surface area contributed by atoms with Crippen LogP contribution in [0.1, 0.15) is 18.1 Å². The van der Waals surface area contributed by atoms with E-state index in [-0.39, 0.29) is 5.91 Å². The number of pyridine rings is 1. The van der Waals surface area contributed by atoms with E-state index in [1.165, 1.54) is 6.92 Å². The normalized spacial score (nSPS) is 10.5. The van der Waals surface area contributed by atoms with Crippen molar-refractivity contribution in [3.8, 4) is 0 Å². The van der Waals surface area contributed by atoms with Crippen LogP contribution in [0.2, 0.25) is 0 Å². The summed E-state index contributed by atoms with van der Waals surface area (Å²) in [5.74, 6) is 0.401. The number of nitrogens with one attached hydrogen (secondary N) is 3. The minimum Gasteiger partial charge on any atom is -0.464 e. The van der Waals surface area contributed by atoms with Gasteiger partial charge in [0.1, 0.15) is 11.4 Å². The molecule has 0 unspecified atom stereocenters. The van der Waals surface area contributed by atoms with E-state index in [1.807, 2.05) is 24.3 Å². The summed E-state index contributed by atoms with van der Waals surface area (Å²) in [6, 6.07) is 9.16. The highest BCUT2D eigenvalue weighted by atomic mass is 16.3. The summed E-state index contributed by atoms with van der Waals surface area (Å²) in [6.45, 7) is 1.43. The Kier molecular flexibility index (Phi) is 3.80. The first kappa shape index (κ1) is 14.8. The van der Waals surface area contributed by atoms with Crippen LogP contribution in [-0.2, 0) is 4.79 Å². The zero-order valence-electron chi connectivity index (χ0n) is 12.8. The summed E-state index contributed by atoms with van der Waals surface area (Å²) < 4.78 is 5.32. The molecule has 23 heavy (non-hydrogen) atoms. The number of hydrogen-bond acceptors (Lipinski definition) is 5. The number of carbonyl (C=O) groups excluding carboxylic acids is 1. The number of carbonyl (C=O) groups is 1. The summed E-state index contributed by atoms with van der Waals surface area (Å²) in [5.41, 5.74) is 3.01. The van der Waals surface area contributed by atoms with Gasteiger partial charge >= 0.3 is 0 Å². The lowest BCUT2D eigenvalue weighted by molar-refractivity contribution is -0.114. The van der Waals surface area contributed by atoms with Gasteiger partial charge in [0, 0.05) is 30.5 Å². The SMILES string of the molecule is CNc1ncc(NC(C)=O)cc1C(=N)c1ccc2occc2c1. The second kappa shape index (κ2) is 5.92. The minimum atomic E-state index is -0.179. The molecule has 0 aliphatic rings. The third kappa shape index (κ3) is 2.91. The van der Waals surface area contributed by atoms with Crippen molar-refractivity contribution < 1.29 is 9.21 Å². The fourth-order valence-electron chi connectivity index (χ4n) is 2.40. The van der Waals surface area contributed by atoms with Crippen LogP contribution in [0.25, 0.3) is 11.0 Å². The van der Waals surface area contributed by atoms with Crippen LogP contribution in [0.15, 0.2) is 47.2 Å². The number of hydrogen-bond donors (Lipinski definition) is 3. The molecule has 1 amide bonds. The number of fused-ring (bicyclic) bond motifs is 1. The van der Waals surface area contributed by atoms with Crippen molar-refractivity contribution in [2.45, 2.75) is 6.92 Å². The van der Waals surface area contributed by atoms with Gasteiger partial charge in [0.15, 0.2) is 0 Å². The van der Waals surface area contributed by atoms with Crippen LogP contribution in [-0.4, -0.2) is 23.7 Å². The Hall–Kier alpha value is -3.15. The maximum Gasteiger partial charge on any atom is 0.221 e. The average molecular weight is 308 g/mol. The molecule has 0 aliphatic carbocycles. The quantitative estimate of drug-likeness (QED) is 0.645. The van der Waals surface area contributed by atoms with Crippen LogP contribution >= 0.6 is 0 Å². The van der Waals surface area contributed by atoms with Gasteiger partial charge in [-0.1, -0.05) is 0 Å². The molecule has 0 saturated heterocycles. The van der Waals surface area contributed by atoms with Crippen molar-refractivity contribution in [3.05, 3.63) is 53.9 Å². The maximum atomic E-state index is 11.2. The molecule has 116 valence electrons. The number of furan rings is 1. The highest BCUT2D eigenvalue weighted by Gasteiger charge is 2.13. The monoisotopic (exact) mass is 308 g/mol. The Morgan fingerprint density at radius 3 is 2.83 bits per heavy atom. The summed E-state index contributed by atoms with van der Waals surface area (Å²) in [6.07, 6.45) is 3.18. The summed E-state index contributed by atoms with van der Waals surface area (Å²) in [4.78, 5) is 15.5. The van der Waals surface area contributed by atoms with E-state index in [9.17, 15) is 4.79 Å². The van der Waals surface area contributed by atoms with Crippen molar-refractivity contribution in [1.29, 1.82) is 5.41 Å². The van der Waals surface area contributed by atoms with E-state index in [0.717, 1.165) is 16.5 Å². The van der Waals surface area contributed by atoms with Crippen LogP contribution in [0.3, 0.4) is 0 Å². The number of benzene rings is 1. The molecule has 0 spiro atoms. The molecule has 0 atom stereocenters. The highest BCUT2D eigenvalue weighted by Crippen LogP contribution is 2.23. The first-order chi connectivity index (χ1) is 11.1. The lowest BCUT2D eigenvalue weighted by Gasteiger charge is -2.12. The number of aromatic nitrogens is 1. The van der Waals surface area contributed by atoms with E-state index in [4.69, 9.17) is 9.83 Å². The van der Waals surface area contributed by atoms with Crippen molar-refractivity contribution in [2.24, 2.45) is 0 Å². The van der Waals surface area contributed by atoms with E-state index >= 15 is 0 Å². The molecular weight excluding hydrogens is 292 g/mol. The topological polar surface area (TPSA) is 91.0 Å². The van der Waals surface area contributed by atoms with Gasteiger partial charge in [-0.2, -0.15) is 0 Å². The highest BCUT2D eigenvalue weighted by molar-refractivity contribution is 6.15. The molecule has 2 aromatic heterocycles. The number of amides is 1. The van der Waals surface area contributed by atoms with Crippen LogP contribution in [0, 0.1) is 5.41 Å². The van der Waals surface area contributed by atoms with Gasteiger partial charge in [0.05, 0.1) is 23.9 Å². The lowest BCUT2D eigenvalue weighted by atomic mass is 10.0. The molecule has 6 nitrogen and oxygen atoms in total. The predicted octanol–water partition coefficient (Wildman–Crippen LogP) is 3.24. The fraction of sp³-hybridized carbons (Fsp3) is 0.118. The van der Waals surface area contributed by atoms with Crippen LogP contribution in [0.4, 0.5) is 11.5 Å². The summed E-state index contributed by atoms with van der Waals surface area (Å²) in [7, 11) is 1.75. The molecular formula is C17H16N4O2. The van der Waals surface area contributed by atoms with Gasteiger partial charge < -0.3 is 15.1 Å². The minimum absolute atomic E-state index is 0.179. The van der Waals surface area contributed by atoms with Gasteiger partial charge in [-0.3, -0.25) is 10.2 Å². The second-order valence-electron chi connectivity index (χ2n) is 5.10. The predicted molar refractivity (Wildman–Crippen MR) is 90.2 cm³/mol. The molecule has 0 aliphatic heterocycles. The number of rotatable bonds is 4. The molecule has 2 heterocycles. The van der Waals surface area contributed by atoms with Gasteiger partial charge in [-0.25, -0.2) is 4.98 Å². The number of nitrogens with zero attached hydrogens (tertiary/aromatic N) is 1. The zero-order chi connectivity index (χ0) is 16.4. The van der Waals surface area contributed by atoms with E-state index in [0.29, 0.717) is 22.8 Å². The Bertz CT molecular complexity index is 898. The Balaban J connectivity index is 2.04. The van der Waals surface area contributed by atoms with Gasteiger partial charge in [0.25, 0.3) is 0 Å². The van der Waals surface area contributed by atoms with E-state index < -0.39 is 0 Å². The third-order valence-corrected chi connectivity index (χ3v) is 3.46. The van der Waals surface area contributed by atoms with E-state index in [2.05, 4.69) is 15.6 Å². The Morgan fingerprint density at radius 1 is 1.26 bits per heavy atom. The van der Waals surface area contributed by atoms with Gasteiger partial charge in [-0.05, 0) is 30.3 Å². The van der Waals surface area contributed by atoms with Gasteiger partial charge in [0.2, 0.25) is 5.91 Å². The maximum absolute atomic E-state index is 11.2. The van der Waals surface area contributed by atoms with Crippen molar-refractivity contribution in [2.75, 3.05) is 17.7 Å². The zero-order valence-corrected chi connectivity index (χ0v) is 12.8. The van der Waals surface area contributed by atoms with Crippen molar-refractivity contribution in [3.63, 3.8) is 0 Å². The van der Waals surface area contributed by atoms with Crippen LogP contribution < -0.4 is 10.6 Å². The van der Waals surface area contributed by atoms with Crippen LogP contribution in [0.5, 0.6) is 0 Å². The molecule has 3 aromatic rings. The summed E-state index contributed by atoms with van der Waals surface area (Å²) >= 11 is 0. The van der Waals surface area contributed by atoms with Crippen molar-refractivity contribution >= 4 is 34.1 Å². The molecule has 0 bridgehead atoms. The Morgan fingerprint density at radius 2 is 2.09 bits per heavy atom. The first-order valence-corrected chi connectivity index (χ1v) is 7.10. The van der Waals surface area contributed by atoms with Gasteiger partial charge in [-0.15, -0.1) is 0 Å². The molecule has 3 rings (SSSR count). The Labute approximate surface area is 133 Å². The third-order valence-electron chi connectivity index (χ3n) is 3.46. The molecule has 1 aromatic carbocycles. The largest absolute Gasteiger partial charge is 0.464 e. The average Bonchev–Trinajstić information content (AvgIpc) is 3.01. The smallest absolute Gasteiger partial charge is 0.221 e. The van der Waals surface area contributed by atoms with Crippen molar-refractivity contribution in [1.82, 2.24) is 4.98 Å². The van der Waals surface area contributed by atoms with E-state index in [1.54, 1.807) is 25.6 Å². The standard InChI is InChI=1S/C17H16N4O2/c1-10(22)21-13-8-14(17(19-2)20-9-13)16(18)12-3-4-15-11(7-12)5-6-23-15/h3-9,18H,1-2H3,(H,19,20)(H,21,22). The number of anilines is 2. The molecule has 3 N–H and O–H groups in total.